The Hall–Kier alpha value is -2.42. The third-order valence-electron chi connectivity index (χ3n) is 3.94. The molecule has 2 N–H and O–H groups in total. The average molecular weight is 494 g/mol. The van der Waals surface area contributed by atoms with E-state index in [0.717, 1.165) is 29.8 Å². The van der Waals surface area contributed by atoms with Crippen LogP contribution in [0.1, 0.15) is 18.2 Å². The van der Waals surface area contributed by atoms with E-state index in [4.69, 9.17) is 4.42 Å². The molecule has 7 heteroatoms. The summed E-state index contributed by atoms with van der Waals surface area (Å²) in [5.74, 6) is 1.09. The van der Waals surface area contributed by atoms with Crippen LogP contribution in [0.25, 0.3) is 11.5 Å². The monoisotopic (exact) mass is 494 g/mol. The summed E-state index contributed by atoms with van der Waals surface area (Å²) < 4.78 is 18.5. The molecule has 0 saturated carbocycles. The van der Waals surface area contributed by atoms with E-state index in [1.807, 2.05) is 37.3 Å². The summed E-state index contributed by atoms with van der Waals surface area (Å²) in [4.78, 5) is 9.03. The van der Waals surface area contributed by atoms with Crippen molar-refractivity contribution in [3.63, 3.8) is 0 Å². The number of hydrogen-bond acceptors (Lipinski definition) is 3. The van der Waals surface area contributed by atoms with Gasteiger partial charge in [0.2, 0.25) is 5.89 Å². The van der Waals surface area contributed by atoms with E-state index < -0.39 is 0 Å². The van der Waals surface area contributed by atoms with Gasteiger partial charge < -0.3 is 15.1 Å². The van der Waals surface area contributed by atoms with Gasteiger partial charge in [-0.1, -0.05) is 30.3 Å². The van der Waals surface area contributed by atoms with Crippen molar-refractivity contribution >= 4 is 29.9 Å². The van der Waals surface area contributed by atoms with Crippen molar-refractivity contribution in [2.75, 3.05) is 13.1 Å². The first-order valence-electron chi connectivity index (χ1n) is 9.01. The minimum Gasteiger partial charge on any atom is -0.444 e. The second-order valence-electron chi connectivity index (χ2n) is 6.01. The number of nitrogens with zero attached hydrogens (tertiary/aromatic N) is 2. The molecule has 3 rings (SSSR count). The number of hydrogen-bond donors (Lipinski definition) is 2. The van der Waals surface area contributed by atoms with Crippen LogP contribution >= 0.6 is 24.0 Å². The van der Waals surface area contributed by atoms with Crippen LogP contribution in [0.15, 0.2) is 70.3 Å². The summed E-state index contributed by atoms with van der Waals surface area (Å²) in [5.41, 5.74) is 2.78. The number of nitrogens with one attached hydrogen (secondary N) is 2. The normalized spacial score (nSPS) is 11.0. The van der Waals surface area contributed by atoms with E-state index >= 15 is 0 Å². The molecule has 3 aromatic rings. The van der Waals surface area contributed by atoms with Crippen molar-refractivity contribution in [1.29, 1.82) is 0 Å². The molecule has 0 aliphatic heterocycles. The van der Waals surface area contributed by atoms with E-state index in [9.17, 15) is 4.39 Å². The number of halogens is 2. The summed E-state index contributed by atoms with van der Waals surface area (Å²) in [6, 6.07) is 16.3. The maximum atomic E-state index is 13.0. The Labute approximate surface area is 181 Å². The summed E-state index contributed by atoms with van der Waals surface area (Å²) in [5, 5.41) is 6.49. The summed E-state index contributed by atoms with van der Waals surface area (Å²) in [7, 11) is 0. The highest BCUT2D eigenvalue weighted by Crippen LogP contribution is 2.18. The van der Waals surface area contributed by atoms with Gasteiger partial charge in [0.05, 0.1) is 6.54 Å². The zero-order valence-electron chi connectivity index (χ0n) is 15.7. The number of oxazole rings is 1. The molecule has 148 valence electrons. The molecule has 0 radical (unpaired) electrons. The molecule has 0 saturated heterocycles. The lowest BCUT2D eigenvalue weighted by Crippen LogP contribution is -2.38. The smallest absolute Gasteiger partial charge is 0.226 e. The quantitative estimate of drug-likeness (QED) is 0.291. The third-order valence-corrected chi connectivity index (χ3v) is 3.94. The van der Waals surface area contributed by atoms with E-state index in [0.29, 0.717) is 24.9 Å². The fourth-order valence-electron chi connectivity index (χ4n) is 2.57. The molecule has 1 heterocycles. The van der Waals surface area contributed by atoms with E-state index in [1.54, 1.807) is 18.4 Å². The standard InChI is InChI=1S/C21H23FN4O.HI/c1-2-23-21(24-13-12-16-8-10-18(22)11-9-16)25-14-19-15-27-20(26-19)17-6-4-3-5-7-17;/h3-11,15H,2,12-14H2,1H3,(H2,23,24,25);1H. The molecule has 0 atom stereocenters. The van der Waals surface area contributed by atoms with Gasteiger partial charge in [0.15, 0.2) is 5.96 Å². The molecule has 5 nitrogen and oxygen atoms in total. The van der Waals surface area contributed by atoms with Crippen molar-refractivity contribution < 1.29 is 8.81 Å². The lowest BCUT2D eigenvalue weighted by molar-refractivity contribution is 0.572. The summed E-state index contributed by atoms with van der Waals surface area (Å²) >= 11 is 0. The highest BCUT2D eigenvalue weighted by molar-refractivity contribution is 14.0. The Kier molecular flexibility index (Phi) is 8.93. The zero-order valence-corrected chi connectivity index (χ0v) is 18.0. The summed E-state index contributed by atoms with van der Waals surface area (Å²) in [6.07, 6.45) is 2.42. The van der Waals surface area contributed by atoms with Gasteiger partial charge in [0, 0.05) is 18.7 Å². The fourth-order valence-corrected chi connectivity index (χ4v) is 2.57. The third kappa shape index (κ3) is 6.63. The molecule has 0 fully saturated rings. The first-order chi connectivity index (χ1) is 13.2. The Morgan fingerprint density at radius 3 is 2.54 bits per heavy atom. The molecular weight excluding hydrogens is 470 g/mol. The highest BCUT2D eigenvalue weighted by Gasteiger charge is 2.06. The van der Waals surface area contributed by atoms with Gasteiger partial charge in [-0.05, 0) is 43.2 Å². The SMILES string of the molecule is CCNC(=NCc1coc(-c2ccccc2)n1)NCCc1ccc(F)cc1.I. The Morgan fingerprint density at radius 2 is 1.82 bits per heavy atom. The fraction of sp³-hybridized carbons (Fsp3) is 0.238. The van der Waals surface area contributed by atoms with Crippen LogP contribution in [0.5, 0.6) is 0 Å². The first-order valence-corrected chi connectivity index (χ1v) is 9.01. The molecule has 1 aromatic heterocycles. The van der Waals surface area contributed by atoms with Crippen LogP contribution in [0.4, 0.5) is 4.39 Å². The Morgan fingerprint density at radius 1 is 1.07 bits per heavy atom. The second-order valence-corrected chi connectivity index (χ2v) is 6.01. The van der Waals surface area contributed by atoms with Gasteiger partial charge in [-0.3, -0.25) is 0 Å². The van der Waals surface area contributed by atoms with Crippen LogP contribution in [0, 0.1) is 5.82 Å². The van der Waals surface area contributed by atoms with E-state index in [2.05, 4.69) is 20.6 Å². The Balaban J connectivity index is 0.00000280. The van der Waals surface area contributed by atoms with Crippen molar-refractivity contribution in [2.24, 2.45) is 4.99 Å². The first kappa shape index (κ1) is 21.9. The highest BCUT2D eigenvalue weighted by atomic mass is 127. The van der Waals surface area contributed by atoms with Gasteiger partial charge in [-0.25, -0.2) is 14.4 Å². The molecule has 0 amide bonds. The van der Waals surface area contributed by atoms with Crippen LogP contribution < -0.4 is 10.6 Å². The van der Waals surface area contributed by atoms with Crippen molar-refractivity contribution in [1.82, 2.24) is 15.6 Å². The van der Waals surface area contributed by atoms with Gasteiger partial charge in [-0.2, -0.15) is 0 Å². The number of aliphatic imine (C=N–C) groups is 1. The predicted molar refractivity (Wildman–Crippen MR) is 120 cm³/mol. The molecule has 0 spiro atoms. The molecule has 28 heavy (non-hydrogen) atoms. The predicted octanol–water partition coefficient (Wildman–Crippen LogP) is 4.40. The molecule has 0 bridgehead atoms. The topological polar surface area (TPSA) is 62.5 Å². The van der Waals surface area contributed by atoms with E-state index in [-0.39, 0.29) is 29.8 Å². The molecule has 0 aliphatic rings. The van der Waals surface area contributed by atoms with E-state index in [1.165, 1.54) is 12.1 Å². The largest absolute Gasteiger partial charge is 0.444 e. The van der Waals surface area contributed by atoms with Crippen molar-refractivity contribution in [3.05, 3.63) is 77.9 Å². The van der Waals surface area contributed by atoms with Crippen LogP contribution in [-0.4, -0.2) is 24.0 Å². The zero-order chi connectivity index (χ0) is 18.9. The van der Waals surface area contributed by atoms with Crippen molar-refractivity contribution in [2.45, 2.75) is 19.9 Å². The molecule has 0 unspecified atom stereocenters. The number of rotatable bonds is 7. The van der Waals surface area contributed by atoms with Crippen LogP contribution in [-0.2, 0) is 13.0 Å². The second kappa shape index (κ2) is 11.4. The number of guanidine groups is 1. The average Bonchev–Trinajstić information content (AvgIpc) is 3.17. The van der Waals surface area contributed by atoms with Crippen molar-refractivity contribution in [3.8, 4) is 11.5 Å². The molecule has 0 aliphatic carbocycles. The Bertz CT molecular complexity index is 866. The maximum absolute atomic E-state index is 13.0. The number of benzene rings is 2. The van der Waals surface area contributed by atoms with Gasteiger partial charge >= 0.3 is 0 Å². The minimum atomic E-state index is -0.218. The van der Waals surface area contributed by atoms with Gasteiger partial charge in [-0.15, -0.1) is 24.0 Å². The molecular formula is C21H24FIN4O. The maximum Gasteiger partial charge on any atom is 0.226 e. The van der Waals surface area contributed by atoms with Crippen LogP contribution in [0.3, 0.4) is 0 Å². The van der Waals surface area contributed by atoms with Gasteiger partial charge in [0.1, 0.15) is 17.8 Å². The van der Waals surface area contributed by atoms with Gasteiger partial charge in [0.25, 0.3) is 0 Å². The minimum absolute atomic E-state index is 0. The summed E-state index contributed by atoms with van der Waals surface area (Å²) in [6.45, 7) is 3.89. The van der Waals surface area contributed by atoms with Crippen LogP contribution in [0.2, 0.25) is 0 Å². The number of aromatic nitrogens is 1. The lowest BCUT2D eigenvalue weighted by atomic mass is 10.1. The lowest BCUT2D eigenvalue weighted by Gasteiger charge is -2.11. The molecule has 2 aromatic carbocycles.